The topological polar surface area (TPSA) is 61.2 Å². The number of alkyl halides is 2. The molecule has 1 heterocycles. The van der Waals surface area contributed by atoms with E-state index in [2.05, 4.69) is 0 Å². The molecule has 0 radical (unpaired) electrons. The fraction of sp³-hybridized carbons (Fsp3) is 0.857. The summed E-state index contributed by atoms with van der Waals surface area (Å²) in [6, 6.07) is 1.53. The standard InChI is InChI=1S/C7H10F2N2O2S/c1-6(4-10)14(12,13)11-3-2-7(8,9)5-11/h6H,2-3,5H2,1H3. The van der Waals surface area contributed by atoms with Crippen LogP contribution in [0.1, 0.15) is 13.3 Å². The first kappa shape index (κ1) is 11.3. The van der Waals surface area contributed by atoms with E-state index in [1.165, 1.54) is 13.0 Å². The molecule has 0 aromatic carbocycles. The van der Waals surface area contributed by atoms with E-state index in [0.29, 0.717) is 4.31 Å². The average Bonchev–Trinajstić information content (AvgIpc) is 2.45. The van der Waals surface area contributed by atoms with E-state index in [-0.39, 0.29) is 6.54 Å². The number of nitrogens with zero attached hydrogens (tertiary/aromatic N) is 2. The highest BCUT2D eigenvalue weighted by Gasteiger charge is 2.44. The van der Waals surface area contributed by atoms with Crippen LogP contribution in [-0.4, -0.2) is 37.0 Å². The molecule has 7 heteroatoms. The number of rotatable bonds is 2. The molecule has 1 saturated heterocycles. The first-order valence-electron chi connectivity index (χ1n) is 4.06. The Morgan fingerprint density at radius 1 is 1.57 bits per heavy atom. The summed E-state index contributed by atoms with van der Waals surface area (Å²) >= 11 is 0. The van der Waals surface area contributed by atoms with Gasteiger partial charge < -0.3 is 0 Å². The zero-order chi connectivity index (χ0) is 11.0. The molecule has 0 saturated carbocycles. The monoisotopic (exact) mass is 224 g/mol. The minimum Gasteiger partial charge on any atom is -0.211 e. The van der Waals surface area contributed by atoms with Crippen LogP contribution in [0.4, 0.5) is 8.78 Å². The fourth-order valence-electron chi connectivity index (χ4n) is 1.21. The van der Waals surface area contributed by atoms with Crippen molar-refractivity contribution in [1.82, 2.24) is 4.31 Å². The van der Waals surface area contributed by atoms with E-state index < -0.39 is 34.2 Å². The van der Waals surface area contributed by atoms with E-state index in [0.717, 1.165) is 0 Å². The average molecular weight is 224 g/mol. The van der Waals surface area contributed by atoms with Crippen molar-refractivity contribution in [2.45, 2.75) is 24.5 Å². The van der Waals surface area contributed by atoms with Gasteiger partial charge in [-0.15, -0.1) is 0 Å². The highest BCUT2D eigenvalue weighted by Crippen LogP contribution is 2.29. The summed E-state index contributed by atoms with van der Waals surface area (Å²) in [5.74, 6) is -2.96. The minimum atomic E-state index is -3.87. The van der Waals surface area contributed by atoms with Gasteiger partial charge >= 0.3 is 0 Å². The maximum absolute atomic E-state index is 12.7. The number of nitriles is 1. The summed E-state index contributed by atoms with van der Waals surface area (Å²) in [6.45, 7) is 0.175. The van der Waals surface area contributed by atoms with Crippen molar-refractivity contribution >= 4 is 10.0 Å². The van der Waals surface area contributed by atoms with Gasteiger partial charge in [0.25, 0.3) is 5.92 Å². The Bertz CT molecular complexity index is 360. The lowest BCUT2D eigenvalue weighted by Gasteiger charge is -2.17. The summed E-state index contributed by atoms with van der Waals surface area (Å²) in [4.78, 5) is 0. The second-order valence-electron chi connectivity index (χ2n) is 3.26. The van der Waals surface area contributed by atoms with Crippen LogP contribution in [0.15, 0.2) is 0 Å². The lowest BCUT2D eigenvalue weighted by Crippen LogP contribution is -2.36. The quantitative estimate of drug-likeness (QED) is 0.689. The van der Waals surface area contributed by atoms with Gasteiger partial charge in [0.1, 0.15) is 0 Å². The first-order valence-corrected chi connectivity index (χ1v) is 5.56. The molecule has 1 aliphatic rings. The molecule has 0 aromatic heterocycles. The van der Waals surface area contributed by atoms with Crippen LogP contribution < -0.4 is 0 Å². The lowest BCUT2D eigenvalue weighted by atomic mass is 10.3. The van der Waals surface area contributed by atoms with Crippen molar-refractivity contribution in [3.63, 3.8) is 0 Å². The van der Waals surface area contributed by atoms with E-state index in [1.54, 1.807) is 0 Å². The highest BCUT2D eigenvalue weighted by atomic mass is 32.2. The molecule has 4 nitrogen and oxygen atoms in total. The molecule has 1 unspecified atom stereocenters. The van der Waals surface area contributed by atoms with Crippen LogP contribution in [0.25, 0.3) is 0 Å². The largest absolute Gasteiger partial charge is 0.262 e. The van der Waals surface area contributed by atoms with Gasteiger partial charge in [-0.3, -0.25) is 0 Å². The summed E-state index contributed by atoms with van der Waals surface area (Å²) < 4.78 is 48.9. The second kappa shape index (κ2) is 3.44. The van der Waals surface area contributed by atoms with Crippen molar-refractivity contribution in [3.05, 3.63) is 0 Å². The molecule has 1 fully saturated rings. The van der Waals surface area contributed by atoms with Crippen molar-refractivity contribution in [3.8, 4) is 6.07 Å². The van der Waals surface area contributed by atoms with Gasteiger partial charge in [0.15, 0.2) is 5.25 Å². The normalized spacial score (nSPS) is 24.4. The smallest absolute Gasteiger partial charge is 0.211 e. The third-order valence-electron chi connectivity index (χ3n) is 2.12. The van der Waals surface area contributed by atoms with E-state index in [9.17, 15) is 17.2 Å². The molecule has 0 aliphatic carbocycles. The van der Waals surface area contributed by atoms with Gasteiger partial charge in [-0.25, -0.2) is 17.2 Å². The van der Waals surface area contributed by atoms with Crippen molar-refractivity contribution in [2.75, 3.05) is 13.1 Å². The van der Waals surface area contributed by atoms with Crippen molar-refractivity contribution in [2.24, 2.45) is 0 Å². The third-order valence-corrected chi connectivity index (χ3v) is 4.15. The van der Waals surface area contributed by atoms with E-state index >= 15 is 0 Å². The zero-order valence-corrected chi connectivity index (χ0v) is 8.39. The molecule has 0 bridgehead atoms. The minimum absolute atomic E-state index is 0.207. The Morgan fingerprint density at radius 2 is 2.14 bits per heavy atom. The van der Waals surface area contributed by atoms with E-state index in [4.69, 9.17) is 5.26 Å². The molecule has 80 valence electrons. The maximum atomic E-state index is 12.7. The van der Waals surface area contributed by atoms with E-state index in [1.807, 2.05) is 0 Å². The first-order chi connectivity index (χ1) is 6.29. The SMILES string of the molecule is CC(C#N)S(=O)(=O)N1CCC(F)(F)C1. The number of hydrogen-bond donors (Lipinski definition) is 0. The lowest BCUT2D eigenvalue weighted by molar-refractivity contribution is 0.0183. The van der Waals surface area contributed by atoms with Crippen LogP contribution >= 0.6 is 0 Å². The van der Waals surface area contributed by atoms with Crippen LogP contribution in [0.5, 0.6) is 0 Å². The maximum Gasteiger partial charge on any atom is 0.262 e. The molecule has 0 aromatic rings. The molecule has 0 N–H and O–H groups in total. The number of halogens is 2. The van der Waals surface area contributed by atoms with Gasteiger partial charge in [0.2, 0.25) is 10.0 Å². The Labute approximate surface area is 81.2 Å². The Balaban J connectivity index is 2.84. The molecular weight excluding hydrogens is 214 g/mol. The van der Waals surface area contributed by atoms with Crippen LogP contribution in [0.2, 0.25) is 0 Å². The Kier molecular flexibility index (Phi) is 2.78. The van der Waals surface area contributed by atoms with Gasteiger partial charge in [0, 0.05) is 13.0 Å². The second-order valence-corrected chi connectivity index (χ2v) is 5.51. The molecule has 0 amide bonds. The molecule has 1 rings (SSSR count). The number of hydrogen-bond acceptors (Lipinski definition) is 3. The highest BCUT2D eigenvalue weighted by molar-refractivity contribution is 7.89. The van der Waals surface area contributed by atoms with Gasteiger partial charge in [-0.05, 0) is 6.92 Å². The van der Waals surface area contributed by atoms with Gasteiger partial charge in [-0.1, -0.05) is 0 Å². The predicted molar refractivity (Wildman–Crippen MR) is 45.1 cm³/mol. The Morgan fingerprint density at radius 3 is 2.50 bits per heavy atom. The molecular formula is C7H10F2N2O2S. The number of sulfonamides is 1. The van der Waals surface area contributed by atoms with Crippen LogP contribution in [0.3, 0.4) is 0 Å². The molecule has 1 atom stereocenters. The van der Waals surface area contributed by atoms with Crippen molar-refractivity contribution in [1.29, 1.82) is 5.26 Å². The van der Waals surface area contributed by atoms with Gasteiger partial charge in [0.05, 0.1) is 12.6 Å². The fourth-order valence-corrected chi connectivity index (χ4v) is 2.51. The summed E-state index contributed by atoms with van der Waals surface area (Å²) in [5.41, 5.74) is 0. The zero-order valence-electron chi connectivity index (χ0n) is 7.57. The summed E-state index contributed by atoms with van der Waals surface area (Å²) in [5, 5.41) is 7.15. The molecule has 1 aliphatic heterocycles. The summed E-state index contributed by atoms with van der Waals surface area (Å²) in [7, 11) is -3.87. The predicted octanol–water partition coefficient (Wildman–Crippen LogP) is 0.569. The Hall–Kier alpha value is -0.740. The van der Waals surface area contributed by atoms with Crippen molar-refractivity contribution < 1.29 is 17.2 Å². The van der Waals surface area contributed by atoms with Gasteiger partial charge in [-0.2, -0.15) is 9.57 Å². The van der Waals surface area contributed by atoms with Crippen LogP contribution in [-0.2, 0) is 10.0 Å². The molecule has 0 spiro atoms. The summed E-state index contributed by atoms with van der Waals surface area (Å²) in [6.07, 6.45) is -0.468. The van der Waals surface area contributed by atoms with Crippen LogP contribution in [0, 0.1) is 11.3 Å². The third kappa shape index (κ3) is 2.01. The molecule has 14 heavy (non-hydrogen) atoms.